The number of benzene rings is 14. The summed E-state index contributed by atoms with van der Waals surface area (Å²) in [5, 5.41) is 7.40. The third-order valence-corrected chi connectivity index (χ3v) is 22.8. The lowest BCUT2D eigenvalue weighted by molar-refractivity contribution is 0.590. The highest BCUT2D eigenvalue weighted by atomic mass is 15.2. The predicted molar refractivity (Wildman–Crippen MR) is 454 cm³/mol. The van der Waals surface area contributed by atoms with E-state index in [1.807, 2.05) is 0 Å². The lowest BCUT2D eigenvalue weighted by atomic mass is 9.67. The van der Waals surface area contributed by atoms with Crippen LogP contribution in [0.5, 0.6) is 0 Å². The minimum absolute atomic E-state index is 0.0158. The van der Waals surface area contributed by atoms with Gasteiger partial charge in [-0.3, -0.25) is 0 Å². The minimum atomic E-state index is -0.834. The van der Waals surface area contributed by atoms with E-state index in [9.17, 15) is 0 Å². The van der Waals surface area contributed by atoms with Crippen molar-refractivity contribution in [2.45, 2.75) is 119 Å². The average Bonchev–Trinajstić information content (AvgIpc) is 1.51. The molecule has 1 aliphatic rings. The summed E-state index contributed by atoms with van der Waals surface area (Å²) in [6.45, 7) is 31.8. The first-order valence-electron chi connectivity index (χ1n) is 37.7. The van der Waals surface area contributed by atoms with Gasteiger partial charge in [-0.1, -0.05) is 255 Å². The number of hydrogen-bond acceptors (Lipinski definition) is 2. The number of anilines is 6. The zero-order valence-corrected chi connectivity index (χ0v) is 63.7. The molecule has 14 aromatic carbocycles. The summed E-state index contributed by atoms with van der Waals surface area (Å²) >= 11 is 0. The zero-order valence-electron chi connectivity index (χ0n) is 63.7. The van der Waals surface area contributed by atoms with Gasteiger partial charge in [0.25, 0.3) is 0 Å². The Balaban J connectivity index is 0.918. The fourth-order valence-corrected chi connectivity index (χ4v) is 16.9. The number of aromatic nitrogens is 2. The Hall–Kier alpha value is -11.7. The van der Waals surface area contributed by atoms with Crippen LogP contribution in [0.25, 0.3) is 93.6 Å². The molecule has 0 unspecified atom stereocenters. The van der Waals surface area contributed by atoms with Crippen molar-refractivity contribution in [3.8, 4) is 33.6 Å². The Morgan fingerprint density at radius 3 is 1.26 bits per heavy atom. The molecule has 520 valence electrons. The first-order valence-corrected chi connectivity index (χ1v) is 37.7. The van der Waals surface area contributed by atoms with Crippen molar-refractivity contribution in [2.75, 3.05) is 9.80 Å². The molecular formula is C102H92N4. The fourth-order valence-electron chi connectivity index (χ4n) is 16.9. The van der Waals surface area contributed by atoms with Crippen molar-refractivity contribution in [2.24, 2.45) is 0 Å². The van der Waals surface area contributed by atoms with Crippen LogP contribution >= 0.6 is 0 Å². The van der Waals surface area contributed by atoms with Gasteiger partial charge < -0.3 is 18.9 Å². The average molecular weight is 1370 g/mol. The molecule has 0 N–H and O–H groups in total. The van der Waals surface area contributed by atoms with E-state index in [0.29, 0.717) is 0 Å². The number of aryl methyl sites for hydroxylation is 3. The van der Waals surface area contributed by atoms with Gasteiger partial charge in [-0.05, 0) is 256 Å². The van der Waals surface area contributed by atoms with E-state index in [-0.39, 0.29) is 16.2 Å². The van der Waals surface area contributed by atoms with Crippen molar-refractivity contribution < 1.29 is 0 Å². The largest absolute Gasteiger partial charge is 0.310 e. The fraction of sp³-hybridized carbons (Fsp3) is 0.176. The van der Waals surface area contributed by atoms with E-state index in [1.54, 1.807) is 0 Å². The van der Waals surface area contributed by atoms with Crippen LogP contribution in [0.1, 0.15) is 137 Å². The van der Waals surface area contributed by atoms with E-state index in [2.05, 4.69) is 419 Å². The standard InChI is InChI=1S/C102H92N4/c1-15-68(5)69-36-47-77(48-37-69)103(79-25-21-27-81(61-79)106-95-55-45-75(100(9,10)11)59-89(95)90-60-76(101(12,13)14)46-56-96(90)106)83-51-52-86-91(63-83)102(72-40-31-65(2)32-41-72,73-42-33-66(3)34-43-73)92-64-97(84-29-19-20-30-85(84)98(86)92)104(78-49-38-71(39-50-78)70-23-17-16-18-24-70)80-26-22-28-82(62-80)105-93-53-35-67(4)57-87(93)88-58-74(99(6,7)8)44-54-94(88)105/h15-64H,1-14H3/b68-15+. The van der Waals surface area contributed by atoms with Crippen LogP contribution in [0.3, 0.4) is 0 Å². The van der Waals surface area contributed by atoms with Crippen LogP contribution in [0, 0.1) is 20.8 Å². The number of nitrogens with zero attached hydrogens (tertiary/aromatic N) is 4. The van der Waals surface area contributed by atoms with E-state index in [4.69, 9.17) is 0 Å². The Bertz CT molecular complexity index is 6040. The molecule has 106 heavy (non-hydrogen) atoms. The van der Waals surface area contributed by atoms with Crippen molar-refractivity contribution in [1.82, 2.24) is 9.13 Å². The molecule has 16 aromatic rings. The molecule has 0 atom stereocenters. The maximum absolute atomic E-state index is 2.58. The Morgan fingerprint density at radius 1 is 0.330 bits per heavy atom. The van der Waals surface area contributed by atoms with E-state index < -0.39 is 5.41 Å². The molecule has 0 saturated carbocycles. The van der Waals surface area contributed by atoms with Gasteiger partial charge in [0.2, 0.25) is 0 Å². The minimum Gasteiger partial charge on any atom is -0.310 e. The van der Waals surface area contributed by atoms with Gasteiger partial charge in [0.1, 0.15) is 0 Å². The SMILES string of the molecule is C/C=C(\C)c1ccc(N(c2cccc(-n3c4ccc(C(C)(C)C)cc4c4cc(C(C)(C)C)ccc43)c2)c2ccc3c(c2)C(c2ccc(C)cc2)(c2ccc(C)cc2)c2cc(N(c4ccc(-c5ccccc5)cc4)c4cccc(-n5c6ccc(C)cc6c6cc(C(C)(C)C)ccc65)c4)c4ccccc4c2-3)cc1. The summed E-state index contributed by atoms with van der Waals surface area (Å²) in [7, 11) is 0. The normalized spacial score (nSPS) is 13.1. The first-order chi connectivity index (χ1) is 51.0. The molecule has 2 heterocycles. The highest BCUT2D eigenvalue weighted by molar-refractivity contribution is 6.13. The predicted octanol–water partition coefficient (Wildman–Crippen LogP) is 28.2. The number of fused-ring (bicyclic) bond motifs is 11. The second kappa shape index (κ2) is 25.6. The molecule has 4 nitrogen and oxygen atoms in total. The summed E-state index contributed by atoms with van der Waals surface area (Å²) in [6, 6.07) is 114. The quantitative estimate of drug-likeness (QED) is 0.121. The molecule has 0 saturated heterocycles. The van der Waals surface area contributed by atoms with E-state index >= 15 is 0 Å². The van der Waals surface area contributed by atoms with Crippen LogP contribution in [-0.2, 0) is 21.7 Å². The molecule has 2 aromatic heterocycles. The van der Waals surface area contributed by atoms with Gasteiger partial charge in [0.05, 0.1) is 33.2 Å². The van der Waals surface area contributed by atoms with Crippen LogP contribution in [0.2, 0.25) is 0 Å². The first kappa shape index (κ1) is 67.5. The van der Waals surface area contributed by atoms with E-state index in [0.717, 1.165) is 56.4 Å². The second-order valence-corrected chi connectivity index (χ2v) is 32.9. The maximum atomic E-state index is 2.58. The summed E-state index contributed by atoms with van der Waals surface area (Å²) in [6.07, 6.45) is 2.20. The molecule has 0 aliphatic heterocycles. The lowest BCUT2D eigenvalue weighted by Gasteiger charge is -2.36. The van der Waals surface area contributed by atoms with Crippen LogP contribution < -0.4 is 9.80 Å². The third kappa shape index (κ3) is 11.3. The Kier molecular flexibility index (Phi) is 16.3. The van der Waals surface area contributed by atoms with Crippen LogP contribution in [-0.4, -0.2) is 9.13 Å². The molecule has 0 fully saturated rings. The molecule has 17 rings (SSSR count). The molecule has 0 spiro atoms. The van der Waals surface area contributed by atoms with Crippen LogP contribution in [0.15, 0.2) is 303 Å². The smallest absolute Gasteiger partial charge is 0.0715 e. The van der Waals surface area contributed by atoms with Crippen molar-refractivity contribution in [1.29, 1.82) is 0 Å². The van der Waals surface area contributed by atoms with Gasteiger partial charge >= 0.3 is 0 Å². The number of hydrogen-bond donors (Lipinski definition) is 0. The van der Waals surface area contributed by atoms with Gasteiger partial charge in [-0.2, -0.15) is 0 Å². The summed E-state index contributed by atoms with van der Waals surface area (Å²) in [5.74, 6) is 0. The summed E-state index contributed by atoms with van der Waals surface area (Å²) in [5.41, 5.74) is 32.1. The highest BCUT2D eigenvalue weighted by Crippen LogP contribution is 2.61. The Labute approximate surface area is 625 Å². The highest BCUT2D eigenvalue weighted by Gasteiger charge is 2.48. The van der Waals surface area contributed by atoms with E-state index in [1.165, 1.54) is 132 Å². The van der Waals surface area contributed by atoms with Gasteiger partial charge in [0.15, 0.2) is 0 Å². The second-order valence-electron chi connectivity index (χ2n) is 32.9. The lowest BCUT2D eigenvalue weighted by Crippen LogP contribution is -2.29. The molecule has 0 amide bonds. The molecular weight excluding hydrogens is 1280 g/mol. The monoisotopic (exact) mass is 1370 g/mol. The maximum Gasteiger partial charge on any atom is 0.0715 e. The zero-order chi connectivity index (χ0) is 73.3. The molecule has 1 aliphatic carbocycles. The van der Waals surface area contributed by atoms with Crippen molar-refractivity contribution >= 4 is 94.1 Å². The van der Waals surface area contributed by atoms with Crippen LogP contribution in [0.4, 0.5) is 34.1 Å². The van der Waals surface area contributed by atoms with Gasteiger partial charge in [-0.15, -0.1) is 0 Å². The third-order valence-electron chi connectivity index (χ3n) is 22.8. The number of rotatable bonds is 12. The molecule has 4 heteroatoms. The number of allylic oxidation sites excluding steroid dienone is 2. The Morgan fingerprint density at radius 2 is 0.755 bits per heavy atom. The topological polar surface area (TPSA) is 16.3 Å². The molecule has 0 radical (unpaired) electrons. The molecule has 0 bridgehead atoms. The van der Waals surface area contributed by atoms with Gasteiger partial charge in [0, 0.05) is 66.7 Å². The van der Waals surface area contributed by atoms with Gasteiger partial charge in [-0.25, -0.2) is 0 Å². The van der Waals surface area contributed by atoms with Crippen molar-refractivity contribution in [3.05, 3.63) is 365 Å². The summed E-state index contributed by atoms with van der Waals surface area (Å²) in [4.78, 5) is 5.04. The van der Waals surface area contributed by atoms with Crippen molar-refractivity contribution in [3.63, 3.8) is 0 Å². The summed E-state index contributed by atoms with van der Waals surface area (Å²) < 4.78 is 4.98.